The quantitative estimate of drug-likeness (QED) is 0.769. The van der Waals surface area contributed by atoms with Crippen LogP contribution in [0.15, 0.2) is 5.38 Å². The fraction of sp³-hybridized carbons (Fsp3) is 0.769. The second-order valence-electron chi connectivity index (χ2n) is 4.98. The van der Waals surface area contributed by atoms with Crippen molar-refractivity contribution in [2.75, 3.05) is 13.1 Å². The van der Waals surface area contributed by atoms with Gasteiger partial charge in [0.1, 0.15) is 5.01 Å². The van der Waals surface area contributed by atoms with Gasteiger partial charge < -0.3 is 0 Å². The minimum atomic E-state index is 0.500. The maximum Gasteiger partial charge on any atom is 0.110 e. The molecule has 4 heteroatoms. The van der Waals surface area contributed by atoms with Crippen LogP contribution in [0.4, 0.5) is 0 Å². The first kappa shape index (κ1) is 13.3. The summed E-state index contributed by atoms with van der Waals surface area (Å²) in [5.74, 6) is 1.36. The Bertz CT molecular complexity index is 353. The van der Waals surface area contributed by atoms with Gasteiger partial charge in [-0.1, -0.05) is 13.8 Å². The van der Waals surface area contributed by atoms with Gasteiger partial charge in [0.25, 0.3) is 0 Å². The van der Waals surface area contributed by atoms with Crippen LogP contribution in [0, 0.1) is 5.92 Å². The van der Waals surface area contributed by atoms with E-state index >= 15 is 0 Å². The highest BCUT2D eigenvalue weighted by molar-refractivity contribution is 7.09. The molecule has 0 aliphatic carbocycles. The van der Waals surface area contributed by atoms with E-state index in [1.165, 1.54) is 30.9 Å². The Kier molecular flexibility index (Phi) is 4.83. The monoisotopic (exact) mass is 272 g/mol. The van der Waals surface area contributed by atoms with E-state index in [0.717, 1.165) is 18.0 Å². The molecule has 0 radical (unpaired) electrons. The first-order chi connectivity index (χ1) is 8.24. The molecule has 1 aromatic rings. The Balaban J connectivity index is 2.09. The van der Waals surface area contributed by atoms with Crippen molar-refractivity contribution in [2.24, 2.45) is 5.92 Å². The van der Waals surface area contributed by atoms with E-state index in [9.17, 15) is 0 Å². The Morgan fingerprint density at radius 2 is 2.47 bits per heavy atom. The Hall–Kier alpha value is -0.120. The third-order valence-electron chi connectivity index (χ3n) is 3.51. The summed E-state index contributed by atoms with van der Waals surface area (Å²) in [7, 11) is 0. The predicted molar refractivity (Wildman–Crippen MR) is 74.7 cm³/mol. The molecule has 2 unspecified atom stereocenters. The van der Waals surface area contributed by atoms with Crippen LogP contribution in [0.1, 0.15) is 49.9 Å². The number of nitrogens with zero attached hydrogens (tertiary/aromatic N) is 2. The zero-order valence-corrected chi connectivity index (χ0v) is 12.2. The maximum absolute atomic E-state index is 5.83. The molecule has 1 aliphatic rings. The lowest BCUT2D eigenvalue weighted by Gasteiger charge is -2.35. The summed E-state index contributed by atoms with van der Waals surface area (Å²) in [6, 6.07) is 0.500. The van der Waals surface area contributed by atoms with Gasteiger partial charge in [-0.3, -0.25) is 4.90 Å². The van der Waals surface area contributed by atoms with Crippen LogP contribution in [-0.4, -0.2) is 23.0 Å². The summed E-state index contributed by atoms with van der Waals surface area (Å²) >= 11 is 7.59. The number of likely N-dealkylation sites (tertiary alicyclic amines) is 1. The predicted octanol–water partition coefficient (Wildman–Crippen LogP) is 4.06. The SMILES string of the molecule is CCC(c1nc(CCl)cs1)N1CCCC(C)C1. The lowest BCUT2D eigenvalue weighted by molar-refractivity contribution is 0.126. The van der Waals surface area contributed by atoms with E-state index in [0.29, 0.717) is 11.9 Å². The summed E-state index contributed by atoms with van der Waals surface area (Å²) in [6.07, 6.45) is 3.84. The highest BCUT2D eigenvalue weighted by atomic mass is 35.5. The molecule has 0 saturated carbocycles. The summed E-state index contributed by atoms with van der Waals surface area (Å²) in [4.78, 5) is 7.25. The van der Waals surface area contributed by atoms with Crippen molar-refractivity contribution < 1.29 is 0 Å². The Morgan fingerprint density at radius 3 is 3.06 bits per heavy atom. The standard InChI is InChI=1S/C13H21ClN2S/c1-3-12(13-15-11(7-14)9-17-13)16-6-4-5-10(2)8-16/h9-10,12H,3-8H2,1-2H3. The number of thiazole rings is 1. The lowest BCUT2D eigenvalue weighted by atomic mass is 9.98. The van der Waals surface area contributed by atoms with Crippen LogP contribution >= 0.6 is 22.9 Å². The van der Waals surface area contributed by atoms with E-state index in [-0.39, 0.29) is 0 Å². The molecule has 1 saturated heterocycles. The van der Waals surface area contributed by atoms with Crippen molar-refractivity contribution >= 4 is 22.9 Å². The van der Waals surface area contributed by atoms with Crippen molar-refractivity contribution in [3.8, 4) is 0 Å². The molecule has 0 amide bonds. The average Bonchev–Trinajstić information content (AvgIpc) is 2.79. The van der Waals surface area contributed by atoms with Gasteiger partial charge in [0.15, 0.2) is 0 Å². The molecule has 2 nitrogen and oxygen atoms in total. The third-order valence-corrected chi connectivity index (χ3v) is 4.78. The van der Waals surface area contributed by atoms with E-state index in [1.807, 2.05) is 0 Å². The van der Waals surface area contributed by atoms with Crippen molar-refractivity contribution in [3.63, 3.8) is 0 Å². The largest absolute Gasteiger partial charge is 0.294 e. The first-order valence-electron chi connectivity index (χ1n) is 6.49. The average molecular weight is 273 g/mol. The van der Waals surface area contributed by atoms with Gasteiger partial charge in [-0.05, 0) is 31.7 Å². The first-order valence-corrected chi connectivity index (χ1v) is 7.90. The summed E-state index contributed by atoms with van der Waals surface area (Å²) in [6.45, 7) is 7.05. The highest BCUT2D eigenvalue weighted by Gasteiger charge is 2.25. The van der Waals surface area contributed by atoms with Gasteiger partial charge in [-0.15, -0.1) is 22.9 Å². The molecule has 1 aromatic heterocycles. The molecular weight excluding hydrogens is 252 g/mol. The molecule has 2 heterocycles. The van der Waals surface area contributed by atoms with Crippen molar-refractivity contribution in [3.05, 3.63) is 16.1 Å². The molecule has 96 valence electrons. The van der Waals surface area contributed by atoms with Crippen LogP contribution in [0.25, 0.3) is 0 Å². The molecule has 1 aliphatic heterocycles. The topological polar surface area (TPSA) is 16.1 Å². The number of alkyl halides is 1. The second kappa shape index (κ2) is 6.17. The second-order valence-corrected chi connectivity index (χ2v) is 6.13. The Labute approximate surface area is 113 Å². The molecular formula is C13H21ClN2S. The molecule has 1 fully saturated rings. The number of rotatable bonds is 4. The zero-order valence-electron chi connectivity index (χ0n) is 10.7. The van der Waals surface area contributed by atoms with Crippen molar-refractivity contribution in [1.29, 1.82) is 0 Å². The van der Waals surface area contributed by atoms with Gasteiger partial charge >= 0.3 is 0 Å². The van der Waals surface area contributed by atoms with Gasteiger partial charge in [0.2, 0.25) is 0 Å². The number of hydrogen-bond acceptors (Lipinski definition) is 3. The minimum absolute atomic E-state index is 0.500. The molecule has 0 aromatic carbocycles. The number of piperidine rings is 1. The smallest absolute Gasteiger partial charge is 0.110 e. The van der Waals surface area contributed by atoms with Crippen LogP contribution in [-0.2, 0) is 5.88 Å². The van der Waals surface area contributed by atoms with E-state index < -0.39 is 0 Å². The summed E-state index contributed by atoms with van der Waals surface area (Å²) < 4.78 is 0. The van der Waals surface area contributed by atoms with Gasteiger partial charge in [0.05, 0.1) is 17.6 Å². The fourth-order valence-corrected chi connectivity index (χ4v) is 3.90. The summed E-state index contributed by atoms with van der Waals surface area (Å²) in [5.41, 5.74) is 1.02. The van der Waals surface area contributed by atoms with Gasteiger partial charge in [0, 0.05) is 11.9 Å². The minimum Gasteiger partial charge on any atom is -0.294 e. The molecule has 17 heavy (non-hydrogen) atoms. The molecule has 0 bridgehead atoms. The van der Waals surface area contributed by atoms with Crippen LogP contribution in [0.5, 0.6) is 0 Å². The van der Waals surface area contributed by atoms with Crippen molar-refractivity contribution in [1.82, 2.24) is 9.88 Å². The number of hydrogen-bond donors (Lipinski definition) is 0. The van der Waals surface area contributed by atoms with Crippen LogP contribution in [0.2, 0.25) is 0 Å². The molecule has 2 atom stereocenters. The van der Waals surface area contributed by atoms with E-state index in [2.05, 4.69) is 29.1 Å². The number of aromatic nitrogens is 1. The van der Waals surface area contributed by atoms with Crippen molar-refractivity contribution in [2.45, 2.75) is 45.0 Å². The van der Waals surface area contributed by atoms with Gasteiger partial charge in [-0.25, -0.2) is 4.98 Å². The zero-order chi connectivity index (χ0) is 12.3. The third kappa shape index (κ3) is 3.21. The Morgan fingerprint density at radius 1 is 1.65 bits per heavy atom. The van der Waals surface area contributed by atoms with Crippen LogP contribution in [0.3, 0.4) is 0 Å². The molecule has 0 N–H and O–H groups in total. The van der Waals surface area contributed by atoms with Crippen LogP contribution < -0.4 is 0 Å². The van der Waals surface area contributed by atoms with E-state index in [1.54, 1.807) is 11.3 Å². The highest BCUT2D eigenvalue weighted by Crippen LogP contribution is 2.31. The number of halogens is 1. The molecule has 2 rings (SSSR count). The van der Waals surface area contributed by atoms with Gasteiger partial charge in [-0.2, -0.15) is 0 Å². The maximum atomic E-state index is 5.83. The summed E-state index contributed by atoms with van der Waals surface area (Å²) in [5, 5.41) is 3.34. The normalized spacial score (nSPS) is 23.8. The lowest BCUT2D eigenvalue weighted by Crippen LogP contribution is -2.37. The molecule has 0 spiro atoms. The fourth-order valence-electron chi connectivity index (χ4n) is 2.63. The van der Waals surface area contributed by atoms with E-state index in [4.69, 9.17) is 11.6 Å².